The zero-order valence-corrected chi connectivity index (χ0v) is 9.19. The van der Waals surface area contributed by atoms with Crippen molar-refractivity contribution in [3.05, 3.63) is 24.3 Å². The van der Waals surface area contributed by atoms with Crippen LogP contribution in [-0.2, 0) is 6.54 Å². The van der Waals surface area contributed by atoms with E-state index in [9.17, 15) is 0 Å². The molecule has 1 atom stereocenters. The number of likely N-dealkylation sites (tertiary alicyclic amines) is 1. The Labute approximate surface area is 90.7 Å². The Morgan fingerprint density at radius 1 is 1.47 bits per heavy atom. The minimum absolute atomic E-state index is 0.615. The maximum atomic E-state index is 4.00. The summed E-state index contributed by atoms with van der Waals surface area (Å²) in [5, 5.41) is 3.55. The van der Waals surface area contributed by atoms with Gasteiger partial charge in [0.05, 0.1) is 0 Å². The van der Waals surface area contributed by atoms with E-state index in [4.69, 9.17) is 0 Å². The van der Waals surface area contributed by atoms with Crippen LogP contribution in [0.5, 0.6) is 0 Å². The first-order valence-electron chi connectivity index (χ1n) is 5.50. The molecule has 1 N–H and O–H groups in total. The van der Waals surface area contributed by atoms with Crippen molar-refractivity contribution in [3.63, 3.8) is 0 Å². The molecule has 4 heteroatoms. The van der Waals surface area contributed by atoms with Gasteiger partial charge < -0.3 is 10.2 Å². The molecule has 2 heterocycles. The molecule has 1 aliphatic rings. The molecular formula is C11H18N4. The second-order valence-electron chi connectivity index (χ2n) is 4.23. The largest absolute Gasteiger partial charge is 0.309 e. The first kappa shape index (κ1) is 10.5. The van der Waals surface area contributed by atoms with Crippen molar-refractivity contribution in [1.82, 2.24) is 20.2 Å². The SMILES string of the molecule is CN1CCCC(NCc2cncnc2)C1. The van der Waals surface area contributed by atoms with Gasteiger partial charge in [0.25, 0.3) is 0 Å². The predicted molar refractivity (Wildman–Crippen MR) is 59.4 cm³/mol. The number of hydrogen-bond donors (Lipinski definition) is 1. The van der Waals surface area contributed by atoms with E-state index in [1.165, 1.54) is 19.4 Å². The third kappa shape index (κ3) is 3.25. The molecule has 82 valence electrons. The van der Waals surface area contributed by atoms with Gasteiger partial charge in [-0.1, -0.05) is 0 Å². The molecule has 2 rings (SSSR count). The monoisotopic (exact) mass is 206 g/mol. The summed E-state index contributed by atoms with van der Waals surface area (Å²) in [6.07, 6.45) is 7.87. The van der Waals surface area contributed by atoms with E-state index in [2.05, 4.69) is 27.2 Å². The first-order chi connectivity index (χ1) is 7.34. The molecule has 15 heavy (non-hydrogen) atoms. The third-order valence-corrected chi connectivity index (χ3v) is 2.83. The fourth-order valence-electron chi connectivity index (χ4n) is 2.02. The van der Waals surface area contributed by atoms with E-state index in [0.29, 0.717) is 6.04 Å². The van der Waals surface area contributed by atoms with Crippen LogP contribution in [0.2, 0.25) is 0 Å². The fourth-order valence-corrected chi connectivity index (χ4v) is 2.02. The number of nitrogens with zero attached hydrogens (tertiary/aromatic N) is 3. The van der Waals surface area contributed by atoms with Crippen LogP contribution in [0.3, 0.4) is 0 Å². The molecule has 1 saturated heterocycles. The predicted octanol–water partition coefficient (Wildman–Crippen LogP) is 0.660. The lowest BCUT2D eigenvalue weighted by Gasteiger charge is -2.30. The van der Waals surface area contributed by atoms with Crippen LogP contribution in [0.25, 0.3) is 0 Å². The average Bonchev–Trinajstić information content (AvgIpc) is 2.28. The van der Waals surface area contributed by atoms with Crippen molar-refractivity contribution in [2.45, 2.75) is 25.4 Å². The van der Waals surface area contributed by atoms with Gasteiger partial charge in [-0.05, 0) is 26.4 Å². The van der Waals surface area contributed by atoms with Crippen molar-refractivity contribution < 1.29 is 0 Å². The van der Waals surface area contributed by atoms with E-state index in [1.807, 2.05) is 12.4 Å². The molecule has 1 aliphatic heterocycles. The summed E-state index contributed by atoms with van der Waals surface area (Å²) in [7, 11) is 2.18. The van der Waals surface area contributed by atoms with Gasteiger partial charge in [0.15, 0.2) is 0 Å². The summed E-state index contributed by atoms with van der Waals surface area (Å²) in [5.41, 5.74) is 1.16. The summed E-state index contributed by atoms with van der Waals surface area (Å²) in [6.45, 7) is 3.25. The van der Waals surface area contributed by atoms with Gasteiger partial charge in [0.2, 0.25) is 0 Å². The molecule has 0 saturated carbocycles. The van der Waals surface area contributed by atoms with Gasteiger partial charge in [0, 0.05) is 37.1 Å². The Bertz CT molecular complexity index is 288. The van der Waals surface area contributed by atoms with E-state index in [0.717, 1.165) is 18.7 Å². The van der Waals surface area contributed by atoms with Crippen molar-refractivity contribution >= 4 is 0 Å². The molecule has 1 aromatic rings. The van der Waals surface area contributed by atoms with E-state index in [-0.39, 0.29) is 0 Å². The topological polar surface area (TPSA) is 41.0 Å². The van der Waals surface area contributed by atoms with E-state index >= 15 is 0 Å². The number of likely N-dealkylation sites (N-methyl/N-ethyl adjacent to an activating group) is 1. The molecule has 1 fully saturated rings. The lowest BCUT2D eigenvalue weighted by molar-refractivity contribution is 0.226. The van der Waals surface area contributed by atoms with Crippen LogP contribution in [0.4, 0.5) is 0 Å². The van der Waals surface area contributed by atoms with Gasteiger partial charge >= 0.3 is 0 Å². The molecule has 0 aliphatic carbocycles. The highest BCUT2D eigenvalue weighted by Crippen LogP contribution is 2.08. The van der Waals surface area contributed by atoms with Gasteiger partial charge in [-0.15, -0.1) is 0 Å². The van der Waals surface area contributed by atoms with Crippen LogP contribution in [0, 0.1) is 0 Å². The number of rotatable bonds is 3. The fraction of sp³-hybridized carbons (Fsp3) is 0.636. The summed E-state index contributed by atoms with van der Waals surface area (Å²) in [4.78, 5) is 10.4. The van der Waals surface area contributed by atoms with Crippen LogP contribution in [0.1, 0.15) is 18.4 Å². The van der Waals surface area contributed by atoms with Gasteiger partial charge in [-0.3, -0.25) is 0 Å². The summed E-state index contributed by atoms with van der Waals surface area (Å²) in [6, 6.07) is 0.615. The number of nitrogens with one attached hydrogen (secondary N) is 1. The molecule has 0 spiro atoms. The Morgan fingerprint density at radius 3 is 3.00 bits per heavy atom. The smallest absolute Gasteiger partial charge is 0.115 e. The average molecular weight is 206 g/mol. The van der Waals surface area contributed by atoms with Crippen molar-refractivity contribution in [1.29, 1.82) is 0 Å². The molecule has 0 amide bonds. The maximum Gasteiger partial charge on any atom is 0.115 e. The third-order valence-electron chi connectivity index (χ3n) is 2.83. The highest BCUT2D eigenvalue weighted by molar-refractivity contribution is 5.02. The molecule has 1 aromatic heterocycles. The zero-order valence-electron chi connectivity index (χ0n) is 9.19. The Balaban J connectivity index is 1.78. The molecule has 1 unspecified atom stereocenters. The van der Waals surface area contributed by atoms with E-state index in [1.54, 1.807) is 6.33 Å². The van der Waals surface area contributed by atoms with E-state index < -0.39 is 0 Å². The first-order valence-corrected chi connectivity index (χ1v) is 5.50. The molecule has 0 radical (unpaired) electrons. The van der Waals surface area contributed by atoms with Crippen LogP contribution < -0.4 is 5.32 Å². The summed E-state index contributed by atoms with van der Waals surface area (Å²) in [5.74, 6) is 0. The standard InChI is InChI=1S/C11H18N4/c1-15-4-2-3-11(8-15)14-7-10-5-12-9-13-6-10/h5-6,9,11,14H,2-4,7-8H2,1H3. The van der Waals surface area contributed by atoms with Crippen LogP contribution >= 0.6 is 0 Å². The van der Waals surface area contributed by atoms with Gasteiger partial charge in [-0.25, -0.2) is 9.97 Å². The quantitative estimate of drug-likeness (QED) is 0.789. The van der Waals surface area contributed by atoms with Crippen molar-refractivity contribution in [3.8, 4) is 0 Å². The maximum absolute atomic E-state index is 4.00. The molecule has 0 aromatic carbocycles. The van der Waals surface area contributed by atoms with Gasteiger partial charge in [-0.2, -0.15) is 0 Å². The Hall–Kier alpha value is -1.00. The number of aromatic nitrogens is 2. The molecular weight excluding hydrogens is 188 g/mol. The van der Waals surface area contributed by atoms with Crippen LogP contribution in [0.15, 0.2) is 18.7 Å². The zero-order chi connectivity index (χ0) is 10.5. The normalized spacial score (nSPS) is 22.9. The van der Waals surface area contributed by atoms with Gasteiger partial charge in [0.1, 0.15) is 6.33 Å². The second kappa shape index (κ2) is 5.19. The van der Waals surface area contributed by atoms with Crippen LogP contribution in [-0.4, -0.2) is 41.0 Å². The highest BCUT2D eigenvalue weighted by atomic mass is 15.1. The lowest BCUT2D eigenvalue weighted by atomic mass is 10.1. The summed E-state index contributed by atoms with van der Waals surface area (Å²) >= 11 is 0. The Kier molecular flexibility index (Phi) is 3.64. The summed E-state index contributed by atoms with van der Waals surface area (Å²) < 4.78 is 0. The Morgan fingerprint density at radius 2 is 2.27 bits per heavy atom. The minimum atomic E-state index is 0.615. The van der Waals surface area contributed by atoms with Crippen molar-refractivity contribution in [2.75, 3.05) is 20.1 Å². The van der Waals surface area contributed by atoms with Crippen molar-refractivity contribution in [2.24, 2.45) is 0 Å². The second-order valence-corrected chi connectivity index (χ2v) is 4.23. The number of hydrogen-bond acceptors (Lipinski definition) is 4. The minimum Gasteiger partial charge on any atom is -0.309 e. The lowest BCUT2D eigenvalue weighted by Crippen LogP contribution is -2.43. The highest BCUT2D eigenvalue weighted by Gasteiger charge is 2.15. The molecule has 0 bridgehead atoms. The number of piperidine rings is 1. The molecule has 4 nitrogen and oxygen atoms in total.